The number of sulfonamides is 1. The van der Waals surface area contributed by atoms with E-state index in [1.165, 1.54) is 17.2 Å². The van der Waals surface area contributed by atoms with Crippen LogP contribution in [-0.4, -0.2) is 51.0 Å². The van der Waals surface area contributed by atoms with Crippen LogP contribution in [0, 0.1) is 11.8 Å². The molecule has 2 N–H and O–H groups in total. The standard InChI is InChI=1S/C33H41ClN2O5S/c1-3-5-6-9-30(37)27-13-10-25(27)20-36-21-33(16-7-8-23-18-26(34)12-14-28(23)33)22-41-31-15-11-24(19-29(31)36)32(38)35-42(39,40)17-4-2/h4,6,9,11-12,14-15,18-19,25,27,30,37H,2-3,5,7-8,10,13,16-17,20-22H2,1H3,(H,35,38)/b9-6-/t25-,27+,30-,33-/m0/s1. The Balaban J connectivity index is 1.49. The highest BCUT2D eigenvalue weighted by Gasteiger charge is 2.44. The lowest BCUT2D eigenvalue weighted by Gasteiger charge is -2.45. The summed E-state index contributed by atoms with van der Waals surface area (Å²) in [6.07, 6.45) is 11.7. The van der Waals surface area contributed by atoms with Crippen LogP contribution in [0.5, 0.6) is 5.75 Å². The summed E-state index contributed by atoms with van der Waals surface area (Å²) in [5.41, 5.74) is 3.23. The van der Waals surface area contributed by atoms with E-state index in [9.17, 15) is 18.3 Å². The van der Waals surface area contributed by atoms with Crippen molar-refractivity contribution < 1.29 is 23.1 Å². The van der Waals surface area contributed by atoms with Crippen LogP contribution < -0.4 is 14.4 Å². The van der Waals surface area contributed by atoms with E-state index < -0.39 is 22.0 Å². The highest BCUT2D eigenvalue weighted by Crippen LogP contribution is 2.46. The number of benzene rings is 2. The number of carbonyl (C=O) groups excluding carboxylic acids is 1. The van der Waals surface area contributed by atoms with Crippen LogP contribution in [0.4, 0.5) is 5.69 Å². The molecule has 1 saturated carbocycles. The average molecular weight is 613 g/mol. The van der Waals surface area contributed by atoms with Crippen LogP contribution in [0.1, 0.15) is 66.9 Å². The van der Waals surface area contributed by atoms with E-state index in [0.717, 1.165) is 55.7 Å². The molecule has 0 saturated heterocycles. The van der Waals surface area contributed by atoms with E-state index in [1.54, 1.807) is 18.2 Å². The smallest absolute Gasteiger partial charge is 0.264 e. The minimum Gasteiger partial charge on any atom is -0.490 e. The first kappa shape index (κ1) is 30.6. The first-order chi connectivity index (χ1) is 20.1. The number of anilines is 1. The van der Waals surface area contributed by atoms with Crippen LogP contribution in [-0.2, 0) is 21.9 Å². The predicted octanol–water partition coefficient (Wildman–Crippen LogP) is 5.80. The number of nitrogens with one attached hydrogen (secondary N) is 1. The highest BCUT2D eigenvalue weighted by atomic mass is 35.5. The number of unbranched alkanes of at least 4 members (excludes halogenated alkanes) is 1. The topological polar surface area (TPSA) is 95.9 Å². The molecule has 0 unspecified atom stereocenters. The predicted molar refractivity (Wildman–Crippen MR) is 168 cm³/mol. The SMILES string of the molecule is C=CCS(=O)(=O)NC(=O)c1ccc2c(c1)N(C[C@@H]1CC[C@H]1[C@@H](O)/C=C\CCC)C[C@@]1(CCCc3cc(Cl)ccc31)CO2. The van der Waals surface area contributed by atoms with Gasteiger partial charge in [-0.25, -0.2) is 13.1 Å². The lowest BCUT2D eigenvalue weighted by Crippen LogP contribution is -2.49. The normalized spacial score (nSPS) is 24.2. The Morgan fingerprint density at radius 1 is 1.29 bits per heavy atom. The molecule has 4 atom stereocenters. The zero-order chi connectivity index (χ0) is 29.9. The van der Waals surface area contributed by atoms with E-state index in [0.29, 0.717) is 25.4 Å². The molecule has 1 fully saturated rings. The quantitative estimate of drug-likeness (QED) is 0.329. The van der Waals surface area contributed by atoms with Gasteiger partial charge in [0.1, 0.15) is 5.75 Å². The Morgan fingerprint density at radius 2 is 2.12 bits per heavy atom. The number of aliphatic hydroxyl groups excluding tert-OH is 1. The second-order valence-corrected chi connectivity index (χ2v) is 14.2. The van der Waals surface area contributed by atoms with Crippen LogP contribution >= 0.6 is 11.6 Å². The van der Waals surface area contributed by atoms with Crippen molar-refractivity contribution in [2.75, 3.05) is 30.3 Å². The molecule has 5 rings (SSSR count). The van der Waals surface area contributed by atoms with Crippen molar-refractivity contribution >= 4 is 33.2 Å². The van der Waals surface area contributed by atoms with Gasteiger partial charge in [-0.3, -0.25) is 4.79 Å². The first-order valence-corrected chi connectivity index (χ1v) is 17.0. The molecule has 1 spiro atoms. The molecular formula is C33H41ClN2O5S. The molecule has 1 amide bonds. The Morgan fingerprint density at radius 3 is 2.86 bits per heavy atom. The summed E-state index contributed by atoms with van der Waals surface area (Å²) in [5, 5.41) is 11.7. The average Bonchev–Trinajstić information content (AvgIpc) is 3.08. The molecule has 0 radical (unpaired) electrons. The maximum Gasteiger partial charge on any atom is 0.264 e. The number of rotatable bonds is 10. The first-order valence-electron chi connectivity index (χ1n) is 15.0. The minimum absolute atomic E-state index is 0.162. The van der Waals surface area contributed by atoms with Gasteiger partial charge >= 0.3 is 0 Å². The zero-order valence-electron chi connectivity index (χ0n) is 24.2. The molecule has 0 bridgehead atoms. The van der Waals surface area contributed by atoms with Crippen LogP contribution in [0.3, 0.4) is 0 Å². The van der Waals surface area contributed by atoms with Gasteiger partial charge in [0, 0.05) is 29.1 Å². The molecule has 2 aromatic carbocycles. The summed E-state index contributed by atoms with van der Waals surface area (Å²) in [5.74, 6) is 0.0674. The number of carbonyl (C=O) groups is 1. The van der Waals surface area contributed by atoms with Gasteiger partial charge in [-0.1, -0.05) is 49.2 Å². The van der Waals surface area contributed by atoms with E-state index >= 15 is 0 Å². The molecular weight excluding hydrogens is 572 g/mol. The largest absolute Gasteiger partial charge is 0.490 e. The summed E-state index contributed by atoms with van der Waals surface area (Å²) in [6.45, 7) is 7.45. The lowest BCUT2D eigenvalue weighted by atomic mass is 9.68. The molecule has 1 aliphatic heterocycles. The number of halogens is 1. The second-order valence-electron chi connectivity index (χ2n) is 12.0. The number of hydrogen-bond acceptors (Lipinski definition) is 6. The summed E-state index contributed by atoms with van der Waals surface area (Å²) in [7, 11) is -3.83. The minimum atomic E-state index is -3.83. The summed E-state index contributed by atoms with van der Waals surface area (Å²) in [6, 6.07) is 11.3. The van der Waals surface area contributed by atoms with Crippen molar-refractivity contribution in [3.05, 3.63) is 82.9 Å². The van der Waals surface area contributed by atoms with Gasteiger partial charge < -0.3 is 14.7 Å². The third kappa shape index (κ3) is 6.56. The van der Waals surface area contributed by atoms with Gasteiger partial charge in [0.25, 0.3) is 5.91 Å². The van der Waals surface area contributed by atoms with Crippen LogP contribution in [0.2, 0.25) is 5.02 Å². The number of fused-ring (bicyclic) bond motifs is 3. The molecule has 2 aliphatic carbocycles. The van der Waals surface area contributed by atoms with Crippen molar-refractivity contribution in [2.24, 2.45) is 11.8 Å². The van der Waals surface area contributed by atoms with E-state index in [2.05, 4.69) is 41.3 Å². The van der Waals surface area contributed by atoms with E-state index in [-0.39, 0.29) is 28.6 Å². The molecule has 0 aromatic heterocycles. The van der Waals surface area contributed by atoms with Crippen molar-refractivity contribution in [1.29, 1.82) is 0 Å². The molecule has 9 heteroatoms. The number of nitrogens with zero attached hydrogens (tertiary/aromatic N) is 1. The van der Waals surface area contributed by atoms with Gasteiger partial charge in [0.2, 0.25) is 10.0 Å². The van der Waals surface area contributed by atoms with Gasteiger partial charge in [-0.05, 0) is 91.8 Å². The zero-order valence-corrected chi connectivity index (χ0v) is 25.8. The number of ether oxygens (including phenoxy) is 1. The second kappa shape index (κ2) is 12.8. The Labute approximate surface area is 254 Å². The summed E-state index contributed by atoms with van der Waals surface area (Å²) in [4.78, 5) is 15.3. The number of allylic oxidation sites excluding steroid dienone is 1. The highest BCUT2D eigenvalue weighted by molar-refractivity contribution is 7.90. The van der Waals surface area contributed by atoms with E-state index in [4.69, 9.17) is 16.3 Å². The Hall–Kier alpha value is -2.81. The van der Waals surface area contributed by atoms with Crippen molar-refractivity contribution in [1.82, 2.24) is 4.72 Å². The summed E-state index contributed by atoms with van der Waals surface area (Å²) >= 11 is 6.38. The maximum absolute atomic E-state index is 13.0. The van der Waals surface area contributed by atoms with Crippen molar-refractivity contribution in [3.8, 4) is 5.75 Å². The molecule has 2 aromatic rings. The maximum atomic E-state index is 13.0. The van der Waals surface area contributed by atoms with Gasteiger partial charge in [-0.15, -0.1) is 6.58 Å². The van der Waals surface area contributed by atoms with E-state index in [1.807, 2.05) is 12.1 Å². The fourth-order valence-electron chi connectivity index (χ4n) is 6.75. The van der Waals surface area contributed by atoms with Gasteiger partial charge in [0.15, 0.2) is 0 Å². The third-order valence-corrected chi connectivity index (χ3v) is 10.4. The number of aryl methyl sites for hydroxylation is 1. The lowest BCUT2D eigenvalue weighted by molar-refractivity contribution is 0.0456. The fourth-order valence-corrected chi connectivity index (χ4v) is 7.74. The van der Waals surface area contributed by atoms with Crippen LogP contribution in [0.25, 0.3) is 0 Å². The molecule has 1 heterocycles. The van der Waals surface area contributed by atoms with Gasteiger partial charge in [0.05, 0.1) is 24.2 Å². The van der Waals surface area contributed by atoms with Crippen molar-refractivity contribution in [2.45, 2.75) is 63.4 Å². The molecule has 7 nitrogen and oxygen atoms in total. The number of amides is 1. The van der Waals surface area contributed by atoms with Crippen LogP contribution in [0.15, 0.2) is 61.2 Å². The number of hydrogen-bond donors (Lipinski definition) is 2. The monoisotopic (exact) mass is 612 g/mol. The number of aliphatic hydroxyl groups is 1. The summed E-state index contributed by atoms with van der Waals surface area (Å²) < 4.78 is 33.2. The fraction of sp³-hybridized carbons (Fsp3) is 0.485. The molecule has 42 heavy (non-hydrogen) atoms. The Bertz CT molecular complexity index is 1460. The molecule has 226 valence electrons. The van der Waals surface area contributed by atoms with Crippen molar-refractivity contribution in [3.63, 3.8) is 0 Å². The Kier molecular flexibility index (Phi) is 9.35. The van der Waals surface area contributed by atoms with Gasteiger partial charge in [-0.2, -0.15) is 0 Å². The third-order valence-electron chi connectivity index (χ3n) is 9.04. The molecule has 3 aliphatic rings.